The second kappa shape index (κ2) is 13.6. The van der Waals surface area contributed by atoms with Crippen LogP contribution in [0.3, 0.4) is 0 Å². The van der Waals surface area contributed by atoms with Crippen LogP contribution < -0.4 is 0 Å². The van der Waals surface area contributed by atoms with Gasteiger partial charge in [-0.25, -0.2) is 0 Å². The van der Waals surface area contributed by atoms with Gasteiger partial charge in [0.25, 0.3) is 0 Å². The SMILES string of the molecule is c1ccc(-c2cccc(-c3cc(-c4ccc5c(c4)c4cc(-c6ccccc6)ccc4n5-c4ccccc4)cc(-c4cccc5c4[se]c4ccccc45)c3)c2)cc1. The molecule has 0 N–H and O–H groups in total. The van der Waals surface area contributed by atoms with E-state index in [-0.39, 0.29) is 14.5 Å². The molecule has 2 heteroatoms. The van der Waals surface area contributed by atoms with E-state index in [1.165, 1.54) is 96.7 Å². The molecule has 1 nitrogen and oxygen atoms in total. The van der Waals surface area contributed by atoms with Crippen LogP contribution in [0.1, 0.15) is 0 Å². The summed E-state index contributed by atoms with van der Waals surface area (Å²) in [5.74, 6) is 0. The first-order valence-corrected chi connectivity index (χ1v) is 20.9. The van der Waals surface area contributed by atoms with E-state index in [9.17, 15) is 0 Å². The monoisotopic (exact) mass is 777 g/mol. The normalized spacial score (nSPS) is 11.6. The Morgan fingerprint density at radius 3 is 1.41 bits per heavy atom. The Morgan fingerprint density at radius 2 is 0.750 bits per heavy atom. The second-order valence-electron chi connectivity index (χ2n) is 14.5. The van der Waals surface area contributed by atoms with Gasteiger partial charge >= 0.3 is 285 Å². The molecule has 0 amide bonds. The molecule has 0 aliphatic heterocycles. The van der Waals surface area contributed by atoms with Gasteiger partial charge in [0.15, 0.2) is 0 Å². The summed E-state index contributed by atoms with van der Waals surface area (Å²) in [6.45, 7) is 0. The van der Waals surface area contributed by atoms with Gasteiger partial charge < -0.3 is 0 Å². The van der Waals surface area contributed by atoms with Crippen molar-refractivity contribution in [3.63, 3.8) is 0 Å². The number of para-hydroxylation sites is 1. The van der Waals surface area contributed by atoms with Gasteiger partial charge in [0.2, 0.25) is 0 Å². The van der Waals surface area contributed by atoms with E-state index in [0.29, 0.717) is 0 Å². The molecule has 0 aliphatic carbocycles. The molecular weight excluding hydrogens is 742 g/mol. The van der Waals surface area contributed by atoms with E-state index in [2.05, 4.69) is 217 Å². The van der Waals surface area contributed by atoms with Crippen LogP contribution in [-0.2, 0) is 0 Å². The maximum absolute atomic E-state index is 2.42. The molecule has 262 valence electrons. The molecule has 0 spiro atoms. The molecule has 0 saturated carbocycles. The minimum atomic E-state index is 0.237. The Morgan fingerprint density at radius 1 is 0.286 bits per heavy atom. The first-order chi connectivity index (χ1) is 27.7. The number of rotatable bonds is 6. The molecule has 0 radical (unpaired) electrons. The molecule has 2 aromatic heterocycles. The fourth-order valence-corrected chi connectivity index (χ4v) is 11.1. The summed E-state index contributed by atoms with van der Waals surface area (Å²) >= 11 is 0.237. The first kappa shape index (κ1) is 32.7. The molecular formula is C54H35NSe. The van der Waals surface area contributed by atoms with Gasteiger partial charge in [0.1, 0.15) is 0 Å². The predicted octanol–water partition coefficient (Wildman–Crippen LogP) is 14.5. The summed E-state index contributed by atoms with van der Waals surface area (Å²) in [7, 11) is 0. The number of fused-ring (bicyclic) bond motifs is 6. The fraction of sp³-hybridized carbons (Fsp3) is 0. The third kappa shape index (κ3) is 5.62. The molecule has 0 unspecified atom stereocenters. The van der Waals surface area contributed by atoms with Crippen molar-refractivity contribution in [2.24, 2.45) is 0 Å². The number of benzene rings is 9. The van der Waals surface area contributed by atoms with Crippen LogP contribution in [0.5, 0.6) is 0 Å². The summed E-state index contributed by atoms with van der Waals surface area (Å²) in [6.07, 6.45) is 0. The van der Waals surface area contributed by atoms with Gasteiger partial charge in [0, 0.05) is 0 Å². The average molecular weight is 777 g/mol. The van der Waals surface area contributed by atoms with Crippen molar-refractivity contribution >= 4 is 55.6 Å². The molecule has 56 heavy (non-hydrogen) atoms. The Labute approximate surface area is 332 Å². The first-order valence-electron chi connectivity index (χ1n) is 19.2. The predicted molar refractivity (Wildman–Crippen MR) is 240 cm³/mol. The van der Waals surface area contributed by atoms with E-state index in [0.717, 1.165) is 5.69 Å². The van der Waals surface area contributed by atoms with Crippen molar-refractivity contribution < 1.29 is 0 Å². The third-order valence-corrected chi connectivity index (χ3v) is 13.7. The maximum atomic E-state index is 2.42. The fourth-order valence-electron chi connectivity index (χ4n) is 8.47. The summed E-state index contributed by atoms with van der Waals surface area (Å²) in [6, 6.07) is 78.2. The van der Waals surface area contributed by atoms with Crippen LogP contribution in [0.2, 0.25) is 0 Å². The van der Waals surface area contributed by atoms with Gasteiger partial charge in [-0.1, -0.05) is 48.5 Å². The number of aromatic nitrogens is 1. The molecule has 0 fully saturated rings. The Balaban J connectivity index is 1.15. The van der Waals surface area contributed by atoms with E-state index in [1.54, 1.807) is 0 Å². The minimum absolute atomic E-state index is 0.237. The number of hydrogen-bond acceptors (Lipinski definition) is 0. The zero-order chi connectivity index (χ0) is 37.0. The summed E-state index contributed by atoms with van der Waals surface area (Å²) in [5.41, 5.74) is 15.9. The van der Waals surface area contributed by atoms with Crippen LogP contribution in [0.25, 0.3) is 102 Å². The molecule has 0 aliphatic rings. The average Bonchev–Trinajstić information content (AvgIpc) is 3.82. The van der Waals surface area contributed by atoms with Crippen molar-refractivity contribution in [3.8, 4) is 61.3 Å². The molecule has 0 bridgehead atoms. The van der Waals surface area contributed by atoms with Crippen LogP contribution in [0.4, 0.5) is 0 Å². The number of hydrogen-bond donors (Lipinski definition) is 0. The van der Waals surface area contributed by atoms with Gasteiger partial charge in [0.05, 0.1) is 0 Å². The standard InChI is InChI=1S/C54H35NSe/c1-4-14-36(15-5-1)38-18-12-19-39(30-38)42-31-43(33-44(32-42)46-23-13-24-48-47-22-10-11-25-53(47)56-54(46)48)41-27-29-52-50(35-41)49-34-40(37-16-6-2-7-17-37)26-28-51(49)55(52)45-20-8-3-9-21-45/h1-35H. The van der Waals surface area contributed by atoms with Crippen LogP contribution in [0.15, 0.2) is 212 Å². The van der Waals surface area contributed by atoms with Crippen molar-refractivity contribution in [3.05, 3.63) is 212 Å². The van der Waals surface area contributed by atoms with Crippen molar-refractivity contribution in [2.75, 3.05) is 0 Å². The summed E-state index contributed by atoms with van der Waals surface area (Å²) < 4.78 is 5.34. The Hall–Kier alpha value is -6.70. The van der Waals surface area contributed by atoms with E-state index >= 15 is 0 Å². The second-order valence-corrected chi connectivity index (χ2v) is 16.7. The van der Waals surface area contributed by atoms with Gasteiger partial charge in [-0.15, -0.1) is 0 Å². The molecule has 11 aromatic rings. The molecule has 11 rings (SSSR count). The Kier molecular flexibility index (Phi) is 7.91. The molecule has 0 saturated heterocycles. The van der Waals surface area contributed by atoms with E-state index in [4.69, 9.17) is 0 Å². The van der Waals surface area contributed by atoms with E-state index < -0.39 is 0 Å². The van der Waals surface area contributed by atoms with Crippen molar-refractivity contribution in [2.45, 2.75) is 0 Å². The summed E-state index contributed by atoms with van der Waals surface area (Å²) in [5, 5.41) is 5.25. The quantitative estimate of drug-likeness (QED) is 0.148. The Bertz CT molecular complexity index is 3230. The molecule has 0 atom stereocenters. The zero-order valence-corrected chi connectivity index (χ0v) is 32.3. The molecule has 9 aromatic carbocycles. The van der Waals surface area contributed by atoms with Crippen LogP contribution in [0, 0.1) is 0 Å². The van der Waals surface area contributed by atoms with Crippen LogP contribution >= 0.6 is 0 Å². The van der Waals surface area contributed by atoms with Crippen molar-refractivity contribution in [1.29, 1.82) is 0 Å². The zero-order valence-electron chi connectivity index (χ0n) is 30.6. The van der Waals surface area contributed by atoms with Crippen molar-refractivity contribution in [1.82, 2.24) is 4.57 Å². The molecule has 2 heterocycles. The van der Waals surface area contributed by atoms with Gasteiger partial charge in [-0.2, -0.15) is 0 Å². The van der Waals surface area contributed by atoms with Gasteiger partial charge in [-0.05, 0) is 0 Å². The number of nitrogens with zero attached hydrogens (tertiary/aromatic N) is 1. The van der Waals surface area contributed by atoms with Crippen LogP contribution in [-0.4, -0.2) is 19.1 Å². The van der Waals surface area contributed by atoms with Gasteiger partial charge in [-0.3, -0.25) is 0 Å². The third-order valence-electron chi connectivity index (χ3n) is 11.2. The van der Waals surface area contributed by atoms with E-state index in [1.807, 2.05) is 0 Å². The topological polar surface area (TPSA) is 4.93 Å². The summed E-state index contributed by atoms with van der Waals surface area (Å²) in [4.78, 5) is 0.